The summed E-state index contributed by atoms with van der Waals surface area (Å²) in [5.41, 5.74) is -1.23. The van der Waals surface area contributed by atoms with Crippen molar-refractivity contribution in [3.05, 3.63) is 30.6 Å². The lowest BCUT2D eigenvalue weighted by Gasteiger charge is -2.11. The van der Waals surface area contributed by atoms with Crippen LogP contribution < -0.4 is 11.2 Å². The second kappa shape index (κ2) is 6.55. The van der Waals surface area contributed by atoms with Gasteiger partial charge in [-0.2, -0.15) is 0 Å². The lowest BCUT2D eigenvalue weighted by molar-refractivity contribution is -0.325. The minimum absolute atomic E-state index is 0.276. The Hall–Kier alpha value is -0.840. The first-order chi connectivity index (χ1) is 8.76. The smallest absolute Gasteiger partial charge is 0.299 e. The molecular weight excluding hydrogens is 380 g/mol. The van der Waals surface area contributed by atoms with Crippen molar-refractivity contribution in [2.75, 3.05) is 6.61 Å². The number of hydrogen-bond donors (Lipinski definition) is 0. The van der Waals surface area contributed by atoms with E-state index in [-0.39, 0.29) is 3.57 Å². The quantitative estimate of drug-likeness (QED) is 0.715. The van der Waals surface area contributed by atoms with Crippen LogP contribution in [0.15, 0.2) is 15.8 Å². The summed E-state index contributed by atoms with van der Waals surface area (Å²) in [6, 6.07) is 0. The van der Waals surface area contributed by atoms with Crippen LogP contribution in [0.2, 0.25) is 0 Å². The van der Waals surface area contributed by atoms with E-state index in [0.717, 1.165) is 4.57 Å². The van der Waals surface area contributed by atoms with E-state index in [1.54, 1.807) is 22.6 Å². The summed E-state index contributed by atoms with van der Waals surface area (Å²) < 4.78 is 41.4. The molecule has 19 heavy (non-hydrogen) atoms. The maximum atomic E-state index is 11.9. The molecule has 0 spiro atoms. The molecule has 1 aromatic heterocycles. The summed E-state index contributed by atoms with van der Waals surface area (Å²) in [7, 11) is 0. The Labute approximate surface area is 120 Å². The first-order valence-electron chi connectivity index (χ1n) is 5.46. The second-order valence-corrected chi connectivity index (χ2v) is 4.87. The molecule has 0 N–H and O–H groups in total. The van der Waals surface area contributed by atoms with Gasteiger partial charge in [-0.3, -0.25) is 18.7 Å². The number of aromatic nitrogens is 2. The van der Waals surface area contributed by atoms with Gasteiger partial charge in [0.05, 0.1) is 16.7 Å². The summed E-state index contributed by atoms with van der Waals surface area (Å²) in [6.07, 6.45) is -2.70. The van der Waals surface area contributed by atoms with Gasteiger partial charge in [-0.15, -0.1) is 13.2 Å². The zero-order valence-corrected chi connectivity index (χ0v) is 12.2. The van der Waals surface area contributed by atoms with E-state index in [0.29, 0.717) is 13.0 Å². The van der Waals surface area contributed by atoms with E-state index in [1.165, 1.54) is 10.8 Å². The average Bonchev–Trinajstić information content (AvgIpc) is 2.29. The van der Waals surface area contributed by atoms with Gasteiger partial charge >= 0.3 is 12.1 Å². The van der Waals surface area contributed by atoms with E-state index in [4.69, 9.17) is 0 Å². The number of ether oxygens (including phenoxy) is 1. The summed E-state index contributed by atoms with van der Waals surface area (Å²) in [5, 5.41) is 0. The summed E-state index contributed by atoms with van der Waals surface area (Å²) >= 11 is 1.74. The minimum atomic E-state index is -4.77. The zero-order chi connectivity index (χ0) is 14.6. The lowest BCUT2D eigenvalue weighted by Crippen LogP contribution is -2.42. The van der Waals surface area contributed by atoms with Crippen LogP contribution in [0.5, 0.6) is 0 Å². The molecule has 9 heteroatoms. The first kappa shape index (κ1) is 16.2. The van der Waals surface area contributed by atoms with Gasteiger partial charge < -0.3 is 0 Å². The highest BCUT2D eigenvalue weighted by Crippen LogP contribution is 2.15. The molecule has 108 valence electrons. The molecule has 0 aliphatic carbocycles. The van der Waals surface area contributed by atoms with Crippen molar-refractivity contribution in [3.8, 4) is 0 Å². The molecule has 0 aromatic carbocycles. The Bertz CT molecular complexity index is 550. The fourth-order valence-electron chi connectivity index (χ4n) is 1.47. The molecule has 0 bridgehead atoms. The molecule has 1 heterocycles. The third-order valence-corrected chi connectivity index (χ3v) is 2.98. The Balaban J connectivity index is 2.99. The van der Waals surface area contributed by atoms with Crippen molar-refractivity contribution in [3.63, 3.8) is 0 Å². The Morgan fingerprint density at radius 1 is 1.32 bits per heavy atom. The van der Waals surface area contributed by atoms with Gasteiger partial charge in [0.15, 0.2) is 0 Å². The third-order valence-electron chi connectivity index (χ3n) is 2.24. The Kier molecular flexibility index (Phi) is 5.59. The third kappa shape index (κ3) is 4.64. The normalized spacial score (nSPS) is 11.8. The molecule has 0 saturated carbocycles. The molecule has 0 radical (unpaired) electrons. The number of aryl methyl sites for hydroxylation is 1. The maximum Gasteiger partial charge on any atom is 0.522 e. The minimum Gasteiger partial charge on any atom is -0.299 e. The first-order valence-corrected chi connectivity index (χ1v) is 6.54. The zero-order valence-electron chi connectivity index (χ0n) is 10.0. The second-order valence-electron chi connectivity index (χ2n) is 3.70. The van der Waals surface area contributed by atoms with E-state index in [1.807, 2.05) is 6.92 Å². The predicted octanol–water partition coefficient (Wildman–Crippen LogP) is 1.56. The van der Waals surface area contributed by atoms with Gasteiger partial charge in [0.2, 0.25) is 0 Å². The van der Waals surface area contributed by atoms with Crippen molar-refractivity contribution in [2.24, 2.45) is 0 Å². The van der Waals surface area contributed by atoms with Crippen LogP contribution in [-0.2, 0) is 17.8 Å². The Morgan fingerprint density at radius 2 is 1.95 bits per heavy atom. The van der Waals surface area contributed by atoms with Gasteiger partial charge in [0.1, 0.15) is 0 Å². The van der Waals surface area contributed by atoms with Crippen LogP contribution in [-0.4, -0.2) is 22.1 Å². The van der Waals surface area contributed by atoms with Crippen LogP contribution in [0.1, 0.15) is 13.3 Å². The van der Waals surface area contributed by atoms with Crippen molar-refractivity contribution in [1.82, 2.24) is 9.13 Å². The van der Waals surface area contributed by atoms with Gasteiger partial charge in [0, 0.05) is 12.7 Å². The fraction of sp³-hybridized carbons (Fsp3) is 0.600. The molecule has 1 aromatic rings. The SMILES string of the molecule is CCCn1cc(I)c(=O)n(CCOC(F)(F)F)c1=O. The number of rotatable bonds is 5. The highest BCUT2D eigenvalue weighted by Gasteiger charge is 2.28. The molecule has 1 rings (SSSR count). The average molecular weight is 392 g/mol. The topological polar surface area (TPSA) is 53.2 Å². The Morgan fingerprint density at radius 3 is 2.47 bits per heavy atom. The van der Waals surface area contributed by atoms with Crippen molar-refractivity contribution in [2.45, 2.75) is 32.8 Å². The molecule has 0 fully saturated rings. The van der Waals surface area contributed by atoms with Gasteiger partial charge in [-0.05, 0) is 29.0 Å². The summed E-state index contributed by atoms with van der Waals surface area (Å²) in [6.45, 7) is 1.04. The van der Waals surface area contributed by atoms with E-state index in [2.05, 4.69) is 4.74 Å². The van der Waals surface area contributed by atoms with E-state index >= 15 is 0 Å². The van der Waals surface area contributed by atoms with Crippen molar-refractivity contribution in [1.29, 1.82) is 0 Å². The molecule has 0 aliphatic heterocycles. The fourth-order valence-corrected chi connectivity index (χ4v) is 2.10. The highest BCUT2D eigenvalue weighted by molar-refractivity contribution is 14.1. The summed E-state index contributed by atoms with van der Waals surface area (Å²) in [5.74, 6) is 0. The molecule has 0 amide bonds. The molecule has 0 atom stereocenters. The van der Waals surface area contributed by atoms with Crippen LogP contribution in [0, 0.1) is 3.57 Å². The number of hydrogen-bond acceptors (Lipinski definition) is 3. The standard InChI is InChI=1S/C10H12F3IN2O3/c1-2-3-15-6-7(14)8(17)16(9(15)18)4-5-19-10(11,12)13/h6H,2-5H2,1H3. The maximum absolute atomic E-state index is 11.9. The van der Waals surface area contributed by atoms with Crippen LogP contribution in [0.3, 0.4) is 0 Å². The van der Waals surface area contributed by atoms with Crippen molar-refractivity contribution < 1.29 is 17.9 Å². The van der Waals surface area contributed by atoms with Crippen LogP contribution in [0.4, 0.5) is 13.2 Å². The van der Waals surface area contributed by atoms with Crippen LogP contribution in [0.25, 0.3) is 0 Å². The predicted molar refractivity (Wildman–Crippen MR) is 70.0 cm³/mol. The van der Waals surface area contributed by atoms with E-state index < -0.39 is 30.8 Å². The summed E-state index contributed by atoms with van der Waals surface area (Å²) in [4.78, 5) is 23.6. The van der Waals surface area contributed by atoms with Gasteiger partial charge in [-0.25, -0.2) is 4.79 Å². The monoisotopic (exact) mass is 392 g/mol. The molecule has 5 nitrogen and oxygen atoms in total. The molecule has 0 aliphatic rings. The molecular formula is C10H12F3IN2O3. The largest absolute Gasteiger partial charge is 0.522 e. The number of halogens is 4. The van der Waals surface area contributed by atoms with Gasteiger partial charge in [0.25, 0.3) is 5.56 Å². The van der Waals surface area contributed by atoms with Gasteiger partial charge in [-0.1, -0.05) is 6.92 Å². The molecule has 0 saturated heterocycles. The van der Waals surface area contributed by atoms with Crippen LogP contribution >= 0.6 is 22.6 Å². The number of nitrogens with zero attached hydrogens (tertiary/aromatic N) is 2. The molecule has 0 unspecified atom stereocenters. The number of alkyl halides is 3. The van der Waals surface area contributed by atoms with Crippen molar-refractivity contribution >= 4 is 22.6 Å². The lowest BCUT2D eigenvalue weighted by atomic mass is 10.4. The highest BCUT2D eigenvalue weighted by atomic mass is 127. The van der Waals surface area contributed by atoms with E-state index in [9.17, 15) is 22.8 Å².